The van der Waals surface area contributed by atoms with Crippen molar-refractivity contribution in [2.24, 2.45) is 0 Å². The molecule has 0 fully saturated rings. The van der Waals surface area contributed by atoms with E-state index in [1.807, 2.05) is 0 Å². The minimum Gasteiger partial charge on any atom is -0.348 e. The van der Waals surface area contributed by atoms with Crippen molar-refractivity contribution < 1.29 is 0 Å². The van der Waals surface area contributed by atoms with Gasteiger partial charge in [0, 0.05) is 18.3 Å². The zero-order chi connectivity index (χ0) is 12.3. The van der Waals surface area contributed by atoms with Gasteiger partial charge in [-0.05, 0) is 69.6 Å². The summed E-state index contributed by atoms with van der Waals surface area (Å²) < 4.78 is 2.29. The smallest absolute Gasteiger partial charge is 0.0480 e. The van der Waals surface area contributed by atoms with Gasteiger partial charge in [-0.2, -0.15) is 0 Å². The van der Waals surface area contributed by atoms with Crippen LogP contribution in [0, 0.1) is 0 Å². The Labute approximate surface area is 104 Å². The first kappa shape index (κ1) is 12.2. The molecule has 0 spiro atoms. The average Bonchev–Trinajstić information content (AvgIpc) is 2.70. The van der Waals surface area contributed by atoms with E-state index < -0.39 is 0 Å². The highest BCUT2D eigenvalue weighted by molar-refractivity contribution is 5.80. The molecule has 0 atom stereocenters. The van der Waals surface area contributed by atoms with E-state index in [0.29, 0.717) is 0 Å². The second-order valence-corrected chi connectivity index (χ2v) is 4.90. The number of hydrogen-bond donors (Lipinski definition) is 0. The maximum absolute atomic E-state index is 2.33. The van der Waals surface area contributed by atoms with E-state index >= 15 is 0 Å². The third kappa shape index (κ3) is 2.89. The molecule has 0 saturated heterocycles. The summed E-state index contributed by atoms with van der Waals surface area (Å²) >= 11 is 0. The summed E-state index contributed by atoms with van der Waals surface area (Å²) in [4.78, 5) is 2.24. The van der Waals surface area contributed by atoms with Crippen LogP contribution in [0.25, 0.3) is 10.9 Å². The molecule has 2 aromatic rings. The number of aryl methyl sites for hydroxylation is 2. The van der Waals surface area contributed by atoms with Gasteiger partial charge in [0.05, 0.1) is 0 Å². The molecule has 0 aliphatic carbocycles. The quantitative estimate of drug-likeness (QED) is 0.766. The van der Waals surface area contributed by atoms with Gasteiger partial charge in [0.1, 0.15) is 0 Å². The van der Waals surface area contributed by atoms with Crippen molar-refractivity contribution in [3.05, 3.63) is 36.0 Å². The van der Waals surface area contributed by atoms with Crippen molar-refractivity contribution in [2.45, 2.75) is 26.3 Å². The Morgan fingerprint density at radius 2 is 2.00 bits per heavy atom. The predicted octanol–water partition coefficient (Wildman–Crippen LogP) is 3.16. The van der Waals surface area contributed by atoms with Gasteiger partial charge in [-0.1, -0.05) is 6.07 Å². The fourth-order valence-corrected chi connectivity index (χ4v) is 2.28. The molecule has 0 unspecified atom stereocenters. The third-order valence-corrected chi connectivity index (χ3v) is 3.25. The van der Waals surface area contributed by atoms with Gasteiger partial charge < -0.3 is 9.47 Å². The summed E-state index contributed by atoms with van der Waals surface area (Å²) in [6.45, 7) is 4.39. The van der Waals surface area contributed by atoms with Crippen LogP contribution in [0.15, 0.2) is 30.5 Å². The van der Waals surface area contributed by atoms with E-state index in [2.05, 4.69) is 60.9 Å². The van der Waals surface area contributed by atoms with Crippen LogP contribution in [0.5, 0.6) is 0 Å². The summed E-state index contributed by atoms with van der Waals surface area (Å²) in [7, 11) is 4.26. The van der Waals surface area contributed by atoms with Crippen molar-refractivity contribution in [2.75, 3.05) is 20.6 Å². The Bertz CT molecular complexity index is 483. The third-order valence-electron chi connectivity index (χ3n) is 3.25. The number of rotatable bonds is 5. The number of nitrogens with zero attached hydrogens (tertiary/aromatic N) is 2. The van der Waals surface area contributed by atoms with Crippen molar-refractivity contribution in [3.63, 3.8) is 0 Å². The molecule has 0 saturated carbocycles. The second kappa shape index (κ2) is 5.37. The Morgan fingerprint density at radius 1 is 1.18 bits per heavy atom. The Morgan fingerprint density at radius 3 is 2.71 bits per heavy atom. The molecule has 92 valence electrons. The molecule has 2 rings (SSSR count). The molecule has 2 heteroatoms. The molecule has 0 radical (unpaired) electrons. The van der Waals surface area contributed by atoms with Crippen LogP contribution in [0.1, 0.15) is 18.9 Å². The molecule has 0 N–H and O–H groups in total. The van der Waals surface area contributed by atoms with Gasteiger partial charge in [0.2, 0.25) is 0 Å². The van der Waals surface area contributed by atoms with Crippen LogP contribution in [-0.2, 0) is 13.0 Å². The minimum absolute atomic E-state index is 1.05. The molecule has 1 aromatic heterocycles. The summed E-state index contributed by atoms with van der Waals surface area (Å²) in [6, 6.07) is 9.07. The van der Waals surface area contributed by atoms with Crippen LogP contribution in [0.2, 0.25) is 0 Å². The highest BCUT2D eigenvalue weighted by atomic mass is 15.0. The zero-order valence-electron chi connectivity index (χ0n) is 11.1. The van der Waals surface area contributed by atoms with Gasteiger partial charge in [0.25, 0.3) is 0 Å². The highest BCUT2D eigenvalue weighted by Gasteiger charge is 2.01. The van der Waals surface area contributed by atoms with Crippen molar-refractivity contribution in [3.8, 4) is 0 Å². The minimum atomic E-state index is 1.05. The lowest BCUT2D eigenvalue weighted by Gasteiger charge is -2.09. The Hall–Kier alpha value is -1.28. The molecule has 0 aliphatic heterocycles. The highest BCUT2D eigenvalue weighted by Crippen LogP contribution is 2.18. The van der Waals surface area contributed by atoms with Crippen LogP contribution in [-0.4, -0.2) is 30.1 Å². The number of benzene rings is 1. The summed E-state index contributed by atoms with van der Waals surface area (Å²) in [6.07, 6.45) is 4.58. The van der Waals surface area contributed by atoms with E-state index in [1.165, 1.54) is 29.3 Å². The maximum atomic E-state index is 2.33. The van der Waals surface area contributed by atoms with E-state index in [9.17, 15) is 0 Å². The fourth-order valence-electron chi connectivity index (χ4n) is 2.28. The molecule has 0 aliphatic rings. The van der Waals surface area contributed by atoms with E-state index in [4.69, 9.17) is 0 Å². The second-order valence-electron chi connectivity index (χ2n) is 4.90. The number of hydrogen-bond acceptors (Lipinski definition) is 1. The molecule has 2 nitrogen and oxygen atoms in total. The standard InChI is InChI=1S/C15H22N2/c1-4-17-11-9-14-12-13(7-8-15(14)17)6-5-10-16(2)3/h7-9,11-12H,4-6,10H2,1-3H3. The maximum Gasteiger partial charge on any atom is 0.0480 e. The topological polar surface area (TPSA) is 8.17 Å². The first-order valence-electron chi connectivity index (χ1n) is 6.43. The van der Waals surface area contributed by atoms with Crippen LogP contribution >= 0.6 is 0 Å². The summed E-state index contributed by atoms with van der Waals surface area (Å²) in [5, 5.41) is 1.37. The normalized spacial score (nSPS) is 11.5. The van der Waals surface area contributed by atoms with Crippen molar-refractivity contribution >= 4 is 10.9 Å². The lowest BCUT2D eigenvalue weighted by molar-refractivity contribution is 0.400. The van der Waals surface area contributed by atoms with Gasteiger partial charge in [-0.25, -0.2) is 0 Å². The van der Waals surface area contributed by atoms with Gasteiger partial charge >= 0.3 is 0 Å². The average molecular weight is 230 g/mol. The largest absolute Gasteiger partial charge is 0.348 e. The molecule has 0 amide bonds. The molecule has 1 aromatic carbocycles. The Kier molecular flexibility index (Phi) is 3.85. The van der Waals surface area contributed by atoms with Gasteiger partial charge in [-0.15, -0.1) is 0 Å². The fraction of sp³-hybridized carbons (Fsp3) is 0.467. The van der Waals surface area contributed by atoms with E-state index in [0.717, 1.165) is 13.1 Å². The molecule has 1 heterocycles. The monoisotopic (exact) mass is 230 g/mol. The van der Waals surface area contributed by atoms with Crippen molar-refractivity contribution in [1.82, 2.24) is 9.47 Å². The van der Waals surface area contributed by atoms with E-state index in [1.54, 1.807) is 0 Å². The lowest BCUT2D eigenvalue weighted by atomic mass is 10.1. The van der Waals surface area contributed by atoms with Gasteiger partial charge in [-0.3, -0.25) is 0 Å². The van der Waals surface area contributed by atoms with Crippen LogP contribution in [0.4, 0.5) is 0 Å². The van der Waals surface area contributed by atoms with Crippen LogP contribution < -0.4 is 0 Å². The number of aromatic nitrogens is 1. The molecular weight excluding hydrogens is 208 g/mol. The molecular formula is C15H22N2. The predicted molar refractivity (Wildman–Crippen MR) is 74.5 cm³/mol. The molecule has 0 bridgehead atoms. The zero-order valence-corrected chi connectivity index (χ0v) is 11.1. The summed E-state index contributed by atoms with van der Waals surface area (Å²) in [5.41, 5.74) is 2.80. The number of fused-ring (bicyclic) bond motifs is 1. The van der Waals surface area contributed by atoms with E-state index in [-0.39, 0.29) is 0 Å². The SMILES string of the molecule is CCn1ccc2cc(CCCN(C)C)ccc21. The first-order valence-corrected chi connectivity index (χ1v) is 6.43. The van der Waals surface area contributed by atoms with Crippen LogP contribution in [0.3, 0.4) is 0 Å². The Balaban J connectivity index is 2.10. The first-order chi connectivity index (χ1) is 8.20. The molecule has 17 heavy (non-hydrogen) atoms. The summed E-state index contributed by atoms with van der Waals surface area (Å²) in [5.74, 6) is 0. The lowest BCUT2D eigenvalue weighted by Crippen LogP contribution is -2.13. The van der Waals surface area contributed by atoms with Crippen molar-refractivity contribution in [1.29, 1.82) is 0 Å². The van der Waals surface area contributed by atoms with Gasteiger partial charge in [0.15, 0.2) is 0 Å².